The van der Waals surface area contributed by atoms with Crippen LogP contribution < -0.4 is 14.4 Å². The van der Waals surface area contributed by atoms with Gasteiger partial charge < -0.3 is 14.4 Å². The van der Waals surface area contributed by atoms with Crippen molar-refractivity contribution < 1.29 is 9.47 Å². The molecule has 144 valence electrons. The molecule has 0 aliphatic rings. The summed E-state index contributed by atoms with van der Waals surface area (Å²) >= 11 is 0. The number of anilines is 1. The molecular weight excluding hydrogens is 338 g/mol. The molecule has 0 fully saturated rings. The number of nitrogens with zero attached hydrogens (tertiary/aromatic N) is 3. The zero-order chi connectivity index (χ0) is 19.4. The van der Waals surface area contributed by atoms with E-state index in [1.807, 2.05) is 29.9 Å². The highest BCUT2D eigenvalue weighted by atomic mass is 16.5. The largest absolute Gasteiger partial charge is 0.497 e. The van der Waals surface area contributed by atoms with Crippen LogP contribution in [0.1, 0.15) is 26.7 Å². The van der Waals surface area contributed by atoms with Crippen LogP contribution in [-0.2, 0) is 7.05 Å². The SMILES string of the molecule is CCCN(CCC)c1c2cccc(-c3ccc(OC)cc3OC)c2nn1C. The van der Waals surface area contributed by atoms with E-state index in [4.69, 9.17) is 14.6 Å². The summed E-state index contributed by atoms with van der Waals surface area (Å²) in [5.74, 6) is 2.75. The Morgan fingerprint density at radius 3 is 2.33 bits per heavy atom. The number of methoxy groups -OCH3 is 2. The predicted octanol–water partition coefficient (Wildman–Crippen LogP) is 4.88. The number of rotatable bonds is 8. The van der Waals surface area contributed by atoms with E-state index in [0.717, 1.165) is 54.1 Å². The van der Waals surface area contributed by atoms with Gasteiger partial charge in [-0.2, -0.15) is 5.10 Å². The normalized spacial score (nSPS) is 11.0. The molecule has 0 N–H and O–H groups in total. The summed E-state index contributed by atoms with van der Waals surface area (Å²) < 4.78 is 13.0. The fourth-order valence-electron chi connectivity index (χ4n) is 3.68. The van der Waals surface area contributed by atoms with Crippen LogP contribution in [0, 0.1) is 0 Å². The Hall–Kier alpha value is -2.69. The maximum atomic E-state index is 5.63. The van der Waals surface area contributed by atoms with Gasteiger partial charge >= 0.3 is 0 Å². The fraction of sp³-hybridized carbons (Fsp3) is 0.409. The van der Waals surface area contributed by atoms with Gasteiger partial charge in [-0.1, -0.05) is 26.0 Å². The lowest BCUT2D eigenvalue weighted by Crippen LogP contribution is -2.27. The summed E-state index contributed by atoms with van der Waals surface area (Å²) in [5, 5.41) is 6.06. The predicted molar refractivity (Wildman–Crippen MR) is 112 cm³/mol. The Kier molecular flexibility index (Phi) is 5.89. The van der Waals surface area contributed by atoms with Crippen LogP contribution in [0.2, 0.25) is 0 Å². The highest BCUT2D eigenvalue weighted by molar-refractivity contribution is 6.01. The molecule has 0 unspecified atom stereocenters. The highest BCUT2D eigenvalue weighted by Crippen LogP contribution is 2.39. The van der Waals surface area contributed by atoms with E-state index >= 15 is 0 Å². The van der Waals surface area contributed by atoms with Crippen LogP contribution in [0.5, 0.6) is 11.5 Å². The number of hydrogen-bond donors (Lipinski definition) is 0. The van der Waals surface area contributed by atoms with Crippen LogP contribution in [0.25, 0.3) is 22.0 Å². The first-order chi connectivity index (χ1) is 13.1. The van der Waals surface area contributed by atoms with Gasteiger partial charge in [-0.3, -0.25) is 4.68 Å². The molecule has 5 nitrogen and oxygen atoms in total. The molecule has 5 heteroatoms. The molecule has 1 heterocycles. The van der Waals surface area contributed by atoms with Crippen molar-refractivity contribution in [3.8, 4) is 22.6 Å². The lowest BCUT2D eigenvalue weighted by Gasteiger charge is -2.23. The summed E-state index contributed by atoms with van der Waals surface area (Å²) in [6.07, 6.45) is 2.22. The standard InChI is InChI=1S/C22H29N3O2/c1-6-13-25(14-7-2)22-19-10-8-9-18(21(19)23-24(22)3)17-12-11-16(26-4)15-20(17)27-5/h8-12,15H,6-7,13-14H2,1-5H3. The molecule has 0 aliphatic heterocycles. The molecule has 1 aromatic heterocycles. The van der Waals surface area contributed by atoms with Crippen molar-refractivity contribution in [2.45, 2.75) is 26.7 Å². The van der Waals surface area contributed by atoms with Gasteiger partial charge in [-0.25, -0.2) is 0 Å². The van der Waals surface area contributed by atoms with Crippen molar-refractivity contribution >= 4 is 16.7 Å². The van der Waals surface area contributed by atoms with E-state index in [1.54, 1.807) is 14.2 Å². The smallest absolute Gasteiger partial charge is 0.134 e. The van der Waals surface area contributed by atoms with E-state index in [9.17, 15) is 0 Å². The molecule has 0 saturated carbocycles. The van der Waals surface area contributed by atoms with Gasteiger partial charge in [-0.05, 0) is 31.0 Å². The van der Waals surface area contributed by atoms with Gasteiger partial charge in [0, 0.05) is 42.7 Å². The third kappa shape index (κ3) is 3.59. The minimum atomic E-state index is 0.779. The average molecular weight is 367 g/mol. The Bertz CT molecular complexity index is 911. The van der Waals surface area contributed by atoms with Gasteiger partial charge in [0.2, 0.25) is 0 Å². The molecule has 0 saturated heterocycles. The molecular formula is C22H29N3O2. The summed E-state index contributed by atoms with van der Waals surface area (Å²) in [6.45, 7) is 6.49. The quantitative estimate of drug-likeness (QED) is 0.569. The molecule has 2 aromatic carbocycles. The molecule has 0 amide bonds. The number of ether oxygens (including phenoxy) is 2. The number of aromatic nitrogens is 2. The van der Waals surface area contributed by atoms with E-state index < -0.39 is 0 Å². The van der Waals surface area contributed by atoms with Crippen LogP contribution in [0.15, 0.2) is 36.4 Å². The van der Waals surface area contributed by atoms with Crippen LogP contribution in [0.3, 0.4) is 0 Å². The molecule has 0 bridgehead atoms. The maximum absolute atomic E-state index is 5.63. The number of benzene rings is 2. The second-order valence-corrected chi connectivity index (χ2v) is 6.70. The van der Waals surface area contributed by atoms with Gasteiger partial charge in [0.25, 0.3) is 0 Å². The Morgan fingerprint density at radius 2 is 1.70 bits per heavy atom. The van der Waals surface area contributed by atoms with Crippen molar-refractivity contribution in [1.82, 2.24) is 9.78 Å². The van der Waals surface area contributed by atoms with Gasteiger partial charge in [0.15, 0.2) is 0 Å². The first-order valence-corrected chi connectivity index (χ1v) is 9.57. The fourth-order valence-corrected chi connectivity index (χ4v) is 3.68. The highest BCUT2D eigenvalue weighted by Gasteiger charge is 2.19. The van der Waals surface area contributed by atoms with Gasteiger partial charge in [0.1, 0.15) is 22.8 Å². The van der Waals surface area contributed by atoms with E-state index in [0.29, 0.717) is 0 Å². The first-order valence-electron chi connectivity index (χ1n) is 9.57. The molecule has 0 radical (unpaired) electrons. The minimum absolute atomic E-state index is 0.779. The van der Waals surface area contributed by atoms with Crippen molar-refractivity contribution in [3.05, 3.63) is 36.4 Å². The lowest BCUT2D eigenvalue weighted by molar-refractivity contribution is 0.395. The maximum Gasteiger partial charge on any atom is 0.134 e. The Morgan fingerprint density at radius 1 is 0.963 bits per heavy atom. The van der Waals surface area contributed by atoms with Crippen molar-refractivity contribution in [2.75, 3.05) is 32.2 Å². The molecule has 27 heavy (non-hydrogen) atoms. The number of aryl methyl sites for hydroxylation is 1. The first kappa shape index (κ1) is 19.1. The van der Waals surface area contributed by atoms with Crippen molar-refractivity contribution in [3.63, 3.8) is 0 Å². The molecule has 0 spiro atoms. The second-order valence-electron chi connectivity index (χ2n) is 6.70. The number of hydrogen-bond acceptors (Lipinski definition) is 4. The zero-order valence-electron chi connectivity index (χ0n) is 17.0. The summed E-state index contributed by atoms with van der Waals surface area (Å²) in [4.78, 5) is 2.43. The summed E-state index contributed by atoms with van der Waals surface area (Å²) in [7, 11) is 5.38. The zero-order valence-corrected chi connectivity index (χ0v) is 17.0. The van der Waals surface area contributed by atoms with Crippen LogP contribution >= 0.6 is 0 Å². The van der Waals surface area contributed by atoms with Gasteiger partial charge in [-0.15, -0.1) is 0 Å². The van der Waals surface area contributed by atoms with E-state index in [-0.39, 0.29) is 0 Å². The third-order valence-electron chi connectivity index (χ3n) is 4.82. The molecule has 0 atom stereocenters. The summed E-state index contributed by atoms with van der Waals surface area (Å²) in [6, 6.07) is 12.3. The Labute approximate surface area is 161 Å². The molecule has 3 rings (SSSR count). The van der Waals surface area contributed by atoms with Crippen molar-refractivity contribution in [2.24, 2.45) is 7.05 Å². The summed E-state index contributed by atoms with van der Waals surface area (Å²) in [5.41, 5.74) is 3.09. The van der Waals surface area contributed by atoms with Crippen LogP contribution in [0.4, 0.5) is 5.82 Å². The monoisotopic (exact) mass is 367 g/mol. The van der Waals surface area contributed by atoms with E-state index in [2.05, 4.69) is 36.9 Å². The van der Waals surface area contributed by atoms with Crippen molar-refractivity contribution in [1.29, 1.82) is 0 Å². The topological polar surface area (TPSA) is 39.5 Å². The molecule has 0 aliphatic carbocycles. The van der Waals surface area contributed by atoms with Crippen LogP contribution in [-0.4, -0.2) is 37.1 Å². The second kappa shape index (κ2) is 8.33. The lowest BCUT2D eigenvalue weighted by atomic mass is 10.0. The molecule has 3 aromatic rings. The van der Waals surface area contributed by atoms with Gasteiger partial charge in [0.05, 0.1) is 14.2 Å². The minimum Gasteiger partial charge on any atom is -0.497 e. The van der Waals surface area contributed by atoms with E-state index in [1.165, 1.54) is 11.2 Å². The average Bonchev–Trinajstić information content (AvgIpc) is 3.03. The number of fused-ring (bicyclic) bond motifs is 1. The third-order valence-corrected chi connectivity index (χ3v) is 4.82. The Balaban J connectivity index is 2.19.